The summed E-state index contributed by atoms with van der Waals surface area (Å²) in [5, 5.41) is 23.3. The van der Waals surface area contributed by atoms with Gasteiger partial charge in [0.15, 0.2) is 0 Å². The largest absolute Gasteiger partial charge is 0.314 e. The quantitative estimate of drug-likeness (QED) is 0.679. The average molecular weight is 295 g/mol. The second-order valence-electron chi connectivity index (χ2n) is 4.63. The second-order valence-corrected chi connectivity index (χ2v) is 5.04. The maximum absolute atomic E-state index is 11.0. The highest BCUT2D eigenvalue weighted by Crippen LogP contribution is 2.31. The standard InChI is InChI=1S/C13H15ClN4O2/c14-11-2-1-10(9-13(11)18(19)20)12(3-4-15)17-7-5-16-6-8-17/h1-2,9,12,16H,3,5-8H2/t12-/m0/s1. The van der Waals surface area contributed by atoms with Crippen molar-refractivity contribution < 1.29 is 4.92 Å². The Morgan fingerprint density at radius 3 is 2.80 bits per heavy atom. The lowest BCUT2D eigenvalue weighted by Crippen LogP contribution is -2.45. The number of nitrogens with zero attached hydrogens (tertiary/aromatic N) is 3. The van der Waals surface area contributed by atoms with Gasteiger partial charge in [-0.2, -0.15) is 5.26 Å². The van der Waals surface area contributed by atoms with Crippen LogP contribution in [0, 0.1) is 21.4 Å². The lowest BCUT2D eigenvalue weighted by Gasteiger charge is -2.34. The van der Waals surface area contributed by atoms with Crippen LogP contribution in [0.15, 0.2) is 18.2 Å². The summed E-state index contributed by atoms with van der Waals surface area (Å²) < 4.78 is 0. The minimum absolute atomic E-state index is 0.109. The van der Waals surface area contributed by atoms with Crippen LogP contribution in [0.4, 0.5) is 5.69 Å². The van der Waals surface area contributed by atoms with Crippen molar-refractivity contribution in [2.45, 2.75) is 12.5 Å². The van der Waals surface area contributed by atoms with Crippen LogP contribution >= 0.6 is 11.6 Å². The molecule has 1 aromatic rings. The van der Waals surface area contributed by atoms with Crippen molar-refractivity contribution in [2.75, 3.05) is 26.2 Å². The molecule has 0 unspecified atom stereocenters. The third-order valence-corrected chi connectivity index (χ3v) is 3.75. The minimum Gasteiger partial charge on any atom is -0.314 e. The molecule has 0 radical (unpaired) electrons. The summed E-state index contributed by atoms with van der Waals surface area (Å²) in [6.07, 6.45) is 0.304. The van der Waals surface area contributed by atoms with Gasteiger partial charge in [0.2, 0.25) is 0 Å². The SMILES string of the molecule is N#CC[C@@H](c1ccc(Cl)c([N+](=O)[O-])c1)N1CCNCC1. The van der Waals surface area contributed by atoms with Gasteiger partial charge in [0.05, 0.1) is 17.4 Å². The number of nitro groups is 1. The van der Waals surface area contributed by atoms with E-state index in [0.29, 0.717) is 6.42 Å². The predicted octanol–water partition coefficient (Wildman–Crippen LogP) is 2.11. The summed E-state index contributed by atoms with van der Waals surface area (Å²) in [4.78, 5) is 12.6. The number of hydrogen-bond acceptors (Lipinski definition) is 5. The molecule has 2 rings (SSSR count). The highest BCUT2D eigenvalue weighted by molar-refractivity contribution is 6.32. The van der Waals surface area contributed by atoms with Gasteiger partial charge < -0.3 is 5.32 Å². The van der Waals surface area contributed by atoms with Gasteiger partial charge in [-0.15, -0.1) is 0 Å². The molecular weight excluding hydrogens is 280 g/mol. The zero-order valence-electron chi connectivity index (χ0n) is 10.9. The zero-order valence-corrected chi connectivity index (χ0v) is 11.6. The molecule has 1 atom stereocenters. The molecule has 1 aliphatic heterocycles. The first-order valence-electron chi connectivity index (χ1n) is 6.39. The van der Waals surface area contributed by atoms with Crippen LogP contribution < -0.4 is 5.32 Å². The molecular formula is C13H15ClN4O2. The van der Waals surface area contributed by atoms with E-state index in [2.05, 4.69) is 16.3 Å². The van der Waals surface area contributed by atoms with Crippen LogP contribution in [0.25, 0.3) is 0 Å². The monoisotopic (exact) mass is 294 g/mol. The Labute approximate surface area is 122 Å². The number of piperazine rings is 1. The van der Waals surface area contributed by atoms with Crippen molar-refractivity contribution in [3.8, 4) is 6.07 Å². The van der Waals surface area contributed by atoms with Gasteiger partial charge in [0.25, 0.3) is 5.69 Å². The highest BCUT2D eigenvalue weighted by Gasteiger charge is 2.24. The fourth-order valence-corrected chi connectivity index (χ4v) is 2.60. The summed E-state index contributed by atoms with van der Waals surface area (Å²) in [6.45, 7) is 3.36. The number of rotatable bonds is 4. The molecule has 1 aromatic carbocycles. The Balaban J connectivity index is 2.31. The molecule has 1 fully saturated rings. The molecule has 1 aliphatic rings. The lowest BCUT2D eigenvalue weighted by atomic mass is 10.0. The van der Waals surface area contributed by atoms with Crippen molar-refractivity contribution in [1.82, 2.24) is 10.2 Å². The molecule has 1 heterocycles. The molecule has 6 nitrogen and oxygen atoms in total. The zero-order chi connectivity index (χ0) is 14.5. The predicted molar refractivity (Wildman–Crippen MR) is 75.5 cm³/mol. The van der Waals surface area contributed by atoms with E-state index in [-0.39, 0.29) is 16.8 Å². The molecule has 0 bridgehead atoms. The van der Waals surface area contributed by atoms with Gasteiger partial charge in [-0.25, -0.2) is 0 Å². The first-order valence-corrected chi connectivity index (χ1v) is 6.77. The number of halogens is 1. The van der Waals surface area contributed by atoms with E-state index in [1.54, 1.807) is 6.07 Å². The molecule has 0 spiro atoms. The lowest BCUT2D eigenvalue weighted by molar-refractivity contribution is -0.384. The number of nitriles is 1. The van der Waals surface area contributed by atoms with Gasteiger partial charge in [-0.1, -0.05) is 17.7 Å². The summed E-state index contributed by atoms with van der Waals surface area (Å²) in [5.41, 5.74) is 0.659. The van der Waals surface area contributed by atoms with E-state index < -0.39 is 4.92 Å². The minimum atomic E-state index is -0.493. The smallest absolute Gasteiger partial charge is 0.288 e. The number of hydrogen-bond donors (Lipinski definition) is 1. The Morgan fingerprint density at radius 2 is 2.20 bits per heavy atom. The maximum Gasteiger partial charge on any atom is 0.288 e. The normalized spacial score (nSPS) is 17.4. The third-order valence-electron chi connectivity index (χ3n) is 3.43. The molecule has 20 heavy (non-hydrogen) atoms. The van der Waals surface area contributed by atoms with E-state index in [1.807, 2.05) is 0 Å². The van der Waals surface area contributed by atoms with E-state index >= 15 is 0 Å². The van der Waals surface area contributed by atoms with Crippen LogP contribution in [0.5, 0.6) is 0 Å². The van der Waals surface area contributed by atoms with Crippen molar-refractivity contribution in [2.24, 2.45) is 0 Å². The van der Waals surface area contributed by atoms with Crippen LogP contribution in [-0.2, 0) is 0 Å². The molecule has 7 heteroatoms. The van der Waals surface area contributed by atoms with Crippen molar-refractivity contribution in [1.29, 1.82) is 5.26 Å². The van der Waals surface area contributed by atoms with Crippen molar-refractivity contribution >= 4 is 17.3 Å². The first-order chi connectivity index (χ1) is 9.63. The summed E-state index contributed by atoms with van der Waals surface area (Å²) in [7, 11) is 0. The Kier molecular flexibility index (Phi) is 4.90. The molecule has 0 amide bonds. The summed E-state index contributed by atoms with van der Waals surface area (Å²) in [5.74, 6) is 0. The maximum atomic E-state index is 11.0. The van der Waals surface area contributed by atoms with Crippen molar-refractivity contribution in [3.05, 3.63) is 38.9 Å². The van der Waals surface area contributed by atoms with Crippen LogP contribution in [0.2, 0.25) is 5.02 Å². The Bertz CT molecular complexity index is 538. The third kappa shape index (κ3) is 3.25. The number of benzene rings is 1. The van der Waals surface area contributed by atoms with Gasteiger partial charge in [-0.05, 0) is 11.6 Å². The molecule has 106 valence electrons. The van der Waals surface area contributed by atoms with E-state index in [0.717, 1.165) is 31.7 Å². The average Bonchev–Trinajstić information content (AvgIpc) is 2.46. The molecule has 0 saturated carbocycles. The summed E-state index contributed by atoms with van der Waals surface area (Å²) >= 11 is 5.83. The number of nitro benzene ring substituents is 1. The Morgan fingerprint density at radius 1 is 1.50 bits per heavy atom. The second kappa shape index (κ2) is 6.66. The van der Waals surface area contributed by atoms with Crippen molar-refractivity contribution in [3.63, 3.8) is 0 Å². The van der Waals surface area contributed by atoms with E-state index in [9.17, 15) is 10.1 Å². The number of nitrogens with one attached hydrogen (secondary N) is 1. The van der Waals surface area contributed by atoms with Gasteiger partial charge in [0.1, 0.15) is 5.02 Å². The van der Waals surface area contributed by atoms with Gasteiger partial charge in [0, 0.05) is 38.3 Å². The van der Waals surface area contributed by atoms with Gasteiger partial charge in [-0.3, -0.25) is 15.0 Å². The molecule has 0 aromatic heterocycles. The summed E-state index contributed by atoms with van der Waals surface area (Å²) in [6, 6.07) is 6.81. The fraction of sp³-hybridized carbons (Fsp3) is 0.462. The van der Waals surface area contributed by atoms with Gasteiger partial charge >= 0.3 is 0 Å². The molecule has 1 saturated heterocycles. The highest BCUT2D eigenvalue weighted by atomic mass is 35.5. The molecule has 0 aliphatic carbocycles. The van der Waals surface area contributed by atoms with Crippen LogP contribution in [0.3, 0.4) is 0 Å². The first kappa shape index (κ1) is 14.7. The molecule has 1 N–H and O–H groups in total. The van der Waals surface area contributed by atoms with Crippen LogP contribution in [0.1, 0.15) is 18.0 Å². The van der Waals surface area contributed by atoms with E-state index in [4.69, 9.17) is 16.9 Å². The topological polar surface area (TPSA) is 82.2 Å². The van der Waals surface area contributed by atoms with E-state index in [1.165, 1.54) is 12.1 Å². The fourth-order valence-electron chi connectivity index (χ4n) is 2.41. The van der Waals surface area contributed by atoms with Crippen LogP contribution in [-0.4, -0.2) is 36.0 Å². The Hall–Kier alpha value is -1.68.